The van der Waals surface area contributed by atoms with Gasteiger partial charge in [-0.05, 0) is 19.9 Å². The average Bonchev–Trinajstić information content (AvgIpc) is 2.77. The zero-order chi connectivity index (χ0) is 15.0. The molecule has 0 saturated heterocycles. The lowest BCUT2D eigenvalue weighted by atomic mass is 9.88. The molecule has 2 heterocycles. The highest BCUT2D eigenvalue weighted by Crippen LogP contribution is 2.34. The zero-order valence-electron chi connectivity index (χ0n) is 12.4. The molecule has 5 heteroatoms. The van der Waals surface area contributed by atoms with Crippen LogP contribution in [0.2, 0.25) is 0 Å². The van der Waals surface area contributed by atoms with Gasteiger partial charge in [0.1, 0.15) is 5.54 Å². The smallest absolute Gasteiger partial charge is 0.244 e. The molecule has 0 fully saturated rings. The van der Waals surface area contributed by atoms with Crippen LogP contribution in [-0.4, -0.2) is 35.2 Å². The van der Waals surface area contributed by atoms with Crippen LogP contribution in [0.5, 0.6) is 0 Å². The molecule has 2 aromatic rings. The highest BCUT2D eigenvalue weighted by molar-refractivity contribution is 5.96. The number of hydrogen-bond acceptors (Lipinski definition) is 3. The molecule has 21 heavy (non-hydrogen) atoms. The molecule has 0 aliphatic carbocycles. The summed E-state index contributed by atoms with van der Waals surface area (Å²) in [4.78, 5) is 16.0. The van der Waals surface area contributed by atoms with Crippen molar-refractivity contribution in [3.63, 3.8) is 0 Å². The fraction of sp³-hybridized carbons (Fsp3) is 0.438. The van der Waals surface area contributed by atoms with Crippen LogP contribution in [0, 0.1) is 0 Å². The van der Waals surface area contributed by atoms with Crippen LogP contribution in [-0.2, 0) is 16.8 Å². The van der Waals surface area contributed by atoms with Crippen molar-refractivity contribution in [1.82, 2.24) is 15.6 Å². The number of carbonyl (C=O) groups excluding carboxylic acids is 1. The first-order valence-corrected chi connectivity index (χ1v) is 7.34. The molecule has 5 nitrogen and oxygen atoms in total. The minimum absolute atomic E-state index is 0.0494. The number of amides is 1. The maximum Gasteiger partial charge on any atom is 0.244 e. The van der Waals surface area contributed by atoms with Gasteiger partial charge in [-0.15, -0.1) is 0 Å². The number of carbonyl (C=O) groups is 1. The number of para-hydroxylation sites is 1. The van der Waals surface area contributed by atoms with Gasteiger partial charge in [-0.2, -0.15) is 0 Å². The number of hydrogen-bond donors (Lipinski definition) is 4. The average molecular weight is 287 g/mol. The van der Waals surface area contributed by atoms with Gasteiger partial charge in [0.25, 0.3) is 0 Å². The standard InChI is InChI=1S/C16H21N3O2/c1-10(20)9-18-16(2)14-11-5-3-4-6-12(11)19-13(14)7-8-17-15(16)21/h3-6,10,18-20H,7-9H2,1-2H3,(H,17,21)/t10-,16?/m1/s1. The molecule has 0 bridgehead atoms. The Balaban J connectivity index is 2.16. The summed E-state index contributed by atoms with van der Waals surface area (Å²) in [5.41, 5.74) is 2.27. The van der Waals surface area contributed by atoms with Crippen LogP contribution in [0.1, 0.15) is 25.1 Å². The third-order valence-electron chi connectivity index (χ3n) is 4.15. The number of benzene rings is 1. The molecule has 112 valence electrons. The first kappa shape index (κ1) is 14.1. The van der Waals surface area contributed by atoms with E-state index in [9.17, 15) is 9.90 Å². The maximum atomic E-state index is 12.6. The molecule has 2 atom stereocenters. The minimum atomic E-state index is -0.845. The lowest BCUT2D eigenvalue weighted by Crippen LogP contribution is -2.53. The Morgan fingerprint density at radius 1 is 1.43 bits per heavy atom. The van der Waals surface area contributed by atoms with Crippen molar-refractivity contribution in [2.24, 2.45) is 0 Å². The number of H-pyrrole nitrogens is 1. The summed E-state index contributed by atoms with van der Waals surface area (Å²) in [6, 6.07) is 8.02. The van der Waals surface area contributed by atoms with Crippen LogP contribution in [0.3, 0.4) is 0 Å². The molecule has 1 aliphatic heterocycles. The van der Waals surface area contributed by atoms with Gasteiger partial charge >= 0.3 is 0 Å². The highest BCUT2D eigenvalue weighted by Gasteiger charge is 2.40. The van der Waals surface area contributed by atoms with Gasteiger partial charge in [-0.1, -0.05) is 18.2 Å². The van der Waals surface area contributed by atoms with E-state index < -0.39 is 11.6 Å². The second kappa shape index (κ2) is 5.16. The molecule has 0 spiro atoms. The summed E-state index contributed by atoms with van der Waals surface area (Å²) in [7, 11) is 0. The number of rotatable bonds is 3. The second-order valence-electron chi connectivity index (χ2n) is 5.88. The van der Waals surface area contributed by atoms with Crippen LogP contribution >= 0.6 is 0 Å². The van der Waals surface area contributed by atoms with Crippen LogP contribution in [0.15, 0.2) is 24.3 Å². The van der Waals surface area contributed by atoms with E-state index in [2.05, 4.69) is 15.6 Å². The summed E-state index contributed by atoms with van der Waals surface area (Å²) in [5.74, 6) is -0.0494. The van der Waals surface area contributed by atoms with E-state index in [0.29, 0.717) is 13.1 Å². The Morgan fingerprint density at radius 3 is 2.95 bits per heavy atom. The van der Waals surface area contributed by atoms with E-state index in [1.54, 1.807) is 6.92 Å². The van der Waals surface area contributed by atoms with Crippen LogP contribution in [0.25, 0.3) is 10.9 Å². The van der Waals surface area contributed by atoms with Gasteiger partial charge in [-0.25, -0.2) is 0 Å². The molecular weight excluding hydrogens is 266 g/mol. The fourth-order valence-electron chi connectivity index (χ4n) is 3.07. The zero-order valence-corrected chi connectivity index (χ0v) is 12.4. The molecule has 4 N–H and O–H groups in total. The van der Waals surface area contributed by atoms with E-state index in [1.165, 1.54) is 0 Å². The molecule has 0 saturated carbocycles. The van der Waals surface area contributed by atoms with Gasteiger partial charge in [0.2, 0.25) is 5.91 Å². The van der Waals surface area contributed by atoms with Gasteiger partial charge in [0.15, 0.2) is 0 Å². The molecule has 3 rings (SSSR count). The number of nitrogens with one attached hydrogen (secondary N) is 3. The summed E-state index contributed by atoms with van der Waals surface area (Å²) in [5, 5.41) is 16.8. The summed E-state index contributed by atoms with van der Waals surface area (Å²) in [6.07, 6.45) is 0.272. The van der Waals surface area contributed by atoms with Gasteiger partial charge < -0.3 is 15.4 Å². The lowest BCUT2D eigenvalue weighted by molar-refractivity contribution is -0.127. The Hall–Kier alpha value is -1.85. The van der Waals surface area contributed by atoms with Crippen LogP contribution in [0.4, 0.5) is 0 Å². The van der Waals surface area contributed by atoms with E-state index in [0.717, 1.165) is 28.6 Å². The molecule has 1 aromatic carbocycles. The van der Waals surface area contributed by atoms with Gasteiger partial charge in [-0.3, -0.25) is 10.1 Å². The van der Waals surface area contributed by atoms with Gasteiger partial charge in [0, 0.05) is 41.7 Å². The van der Waals surface area contributed by atoms with Crippen molar-refractivity contribution in [2.45, 2.75) is 31.9 Å². The fourth-order valence-corrected chi connectivity index (χ4v) is 3.07. The highest BCUT2D eigenvalue weighted by atomic mass is 16.3. The summed E-state index contributed by atoms with van der Waals surface area (Å²) >= 11 is 0. The number of aliphatic hydroxyl groups is 1. The molecule has 1 aliphatic rings. The monoisotopic (exact) mass is 287 g/mol. The Labute approximate surface area is 123 Å². The van der Waals surface area contributed by atoms with Crippen molar-refractivity contribution in [2.75, 3.05) is 13.1 Å². The van der Waals surface area contributed by atoms with Crippen molar-refractivity contribution >= 4 is 16.8 Å². The molecule has 1 aromatic heterocycles. The van der Waals surface area contributed by atoms with Crippen LogP contribution < -0.4 is 10.6 Å². The Bertz CT molecular complexity index is 677. The van der Waals surface area contributed by atoms with E-state index in [1.807, 2.05) is 31.2 Å². The second-order valence-corrected chi connectivity index (χ2v) is 5.88. The maximum absolute atomic E-state index is 12.6. The quantitative estimate of drug-likeness (QED) is 0.681. The number of aliphatic hydroxyl groups excluding tert-OH is 1. The predicted molar refractivity (Wildman–Crippen MR) is 82.0 cm³/mol. The number of aromatic amines is 1. The Morgan fingerprint density at radius 2 is 2.19 bits per heavy atom. The molecule has 0 radical (unpaired) electrons. The van der Waals surface area contributed by atoms with Crippen molar-refractivity contribution in [1.29, 1.82) is 0 Å². The molecule has 1 unspecified atom stereocenters. The third-order valence-corrected chi connectivity index (χ3v) is 4.15. The minimum Gasteiger partial charge on any atom is -0.392 e. The molecule has 1 amide bonds. The van der Waals surface area contributed by atoms with E-state index in [4.69, 9.17) is 0 Å². The van der Waals surface area contributed by atoms with E-state index in [-0.39, 0.29) is 5.91 Å². The summed E-state index contributed by atoms with van der Waals surface area (Å²) < 4.78 is 0. The van der Waals surface area contributed by atoms with Crippen molar-refractivity contribution < 1.29 is 9.90 Å². The van der Waals surface area contributed by atoms with Crippen molar-refractivity contribution in [3.8, 4) is 0 Å². The topological polar surface area (TPSA) is 77.2 Å². The number of fused-ring (bicyclic) bond motifs is 3. The lowest BCUT2D eigenvalue weighted by Gasteiger charge is -2.29. The predicted octanol–water partition coefficient (Wildman–Crippen LogP) is 1.03. The van der Waals surface area contributed by atoms with Gasteiger partial charge in [0.05, 0.1) is 6.10 Å². The Kier molecular flexibility index (Phi) is 3.47. The third kappa shape index (κ3) is 2.32. The van der Waals surface area contributed by atoms with E-state index >= 15 is 0 Å². The molecular formula is C16H21N3O2. The SMILES string of the molecule is C[C@@H](O)CNC1(C)C(=O)NCCc2[nH]c3ccccc3c21. The number of aromatic nitrogens is 1. The first-order chi connectivity index (χ1) is 10.0. The first-order valence-electron chi connectivity index (χ1n) is 7.34. The summed E-state index contributed by atoms with van der Waals surface area (Å²) in [6.45, 7) is 4.57. The van der Waals surface area contributed by atoms with Crippen molar-refractivity contribution in [3.05, 3.63) is 35.5 Å². The normalized spacial score (nSPS) is 23.5. The largest absolute Gasteiger partial charge is 0.392 e.